The van der Waals surface area contributed by atoms with Crippen molar-refractivity contribution in [3.8, 4) is 5.75 Å². The summed E-state index contributed by atoms with van der Waals surface area (Å²) in [4.78, 5) is 24.1. The number of ether oxygens (including phenoxy) is 1. The minimum Gasteiger partial charge on any atom is -0.545 e. The molecule has 2 aliphatic rings. The van der Waals surface area contributed by atoms with Gasteiger partial charge in [-0.05, 0) is 48.4 Å². The largest absolute Gasteiger partial charge is 1.00 e. The molecule has 3 aromatic rings. The zero-order chi connectivity index (χ0) is 31.9. The summed E-state index contributed by atoms with van der Waals surface area (Å²) in [5.41, 5.74) is 0.934. The molecular formula is C29H24F5N2NaO7S. The number of aromatic carboxylic acids is 1. The van der Waals surface area contributed by atoms with Crippen molar-refractivity contribution in [2.75, 3.05) is 24.7 Å². The molecule has 1 N–H and O–H groups in total. The van der Waals surface area contributed by atoms with Crippen LogP contribution in [0.25, 0.3) is 0 Å². The molecule has 0 aliphatic carbocycles. The number of benzene rings is 3. The zero-order valence-corrected chi connectivity index (χ0v) is 26.6. The topological polar surface area (TPSA) is 127 Å². The van der Waals surface area contributed by atoms with Crippen LogP contribution in [0.2, 0.25) is 0 Å². The molecule has 2 aliphatic heterocycles. The van der Waals surface area contributed by atoms with Crippen LogP contribution in [-0.4, -0.2) is 55.5 Å². The Balaban J connectivity index is 0.00000461. The van der Waals surface area contributed by atoms with Crippen molar-refractivity contribution in [3.63, 3.8) is 0 Å². The molecule has 9 nitrogen and oxygen atoms in total. The number of hydrogen-bond donors (Lipinski definition) is 1. The van der Waals surface area contributed by atoms with Gasteiger partial charge in [0.2, 0.25) is 21.7 Å². The molecule has 0 unspecified atom stereocenters. The maximum atomic E-state index is 14.5. The molecule has 45 heavy (non-hydrogen) atoms. The predicted molar refractivity (Wildman–Crippen MR) is 141 cm³/mol. The van der Waals surface area contributed by atoms with E-state index >= 15 is 0 Å². The number of nitrogens with zero attached hydrogens (tertiary/aromatic N) is 2. The van der Waals surface area contributed by atoms with Gasteiger partial charge in [-0.1, -0.05) is 24.3 Å². The first-order valence-corrected chi connectivity index (χ1v) is 14.8. The fraction of sp³-hybridized carbons (Fsp3) is 0.310. The smallest absolute Gasteiger partial charge is 0.545 e. The van der Waals surface area contributed by atoms with E-state index in [1.54, 1.807) is 12.1 Å². The van der Waals surface area contributed by atoms with E-state index in [1.165, 1.54) is 6.07 Å². The molecule has 0 saturated carbocycles. The second-order valence-electron chi connectivity index (χ2n) is 10.4. The summed E-state index contributed by atoms with van der Waals surface area (Å²) in [6, 6.07) is 8.62. The Morgan fingerprint density at radius 1 is 0.911 bits per heavy atom. The van der Waals surface area contributed by atoms with Gasteiger partial charge in [-0.25, -0.2) is 30.4 Å². The molecule has 234 valence electrons. The fourth-order valence-electron chi connectivity index (χ4n) is 5.27. The van der Waals surface area contributed by atoms with E-state index in [0.29, 0.717) is 23.1 Å². The van der Waals surface area contributed by atoms with Gasteiger partial charge < -0.3 is 24.6 Å². The van der Waals surface area contributed by atoms with E-state index in [-0.39, 0.29) is 54.1 Å². The summed E-state index contributed by atoms with van der Waals surface area (Å²) in [5.74, 6) is -15.7. The molecule has 2 fully saturated rings. The summed E-state index contributed by atoms with van der Waals surface area (Å²) in [6.45, 7) is 0.544. The van der Waals surface area contributed by atoms with E-state index in [1.807, 2.05) is 12.1 Å². The SMILES string of the molecule is O=C([O-])c1ccc(N(Cc2ccc(C3CCOCC3)cc2)C(=O)[C@H]2CCN2S(=O)(=O)c2c(F)c(F)c(F)c(F)c2F)cc1O.[Na+]. The van der Waals surface area contributed by atoms with Crippen LogP contribution in [0.4, 0.5) is 27.6 Å². The first-order valence-electron chi connectivity index (χ1n) is 13.4. The number of halogens is 5. The van der Waals surface area contributed by atoms with Crippen LogP contribution in [0, 0.1) is 29.1 Å². The van der Waals surface area contributed by atoms with Crippen molar-refractivity contribution in [1.29, 1.82) is 0 Å². The first-order chi connectivity index (χ1) is 20.8. The Morgan fingerprint density at radius 3 is 2.00 bits per heavy atom. The Kier molecular flexibility index (Phi) is 10.6. The first kappa shape index (κ1) is 34.8. The molecule has 0 radical (unpaired) electrons. The second kappa shape index (κ2) is 13.7. The molecule has 2 saturated heterocycles. The number of carboxylic acids is 1. The Morgan fingerprint density at radius 2 is 1.49 bits per heavy atom. The van der Waals surface area contributed by atoms with Crippen LogP contribution in [0.5, 0.6) is 5.75 Å². The van der Waals surface area contributed by atoms with Gasteiger partial charge in [0, 0.05) is 37.1 Å². The molecular weight excluding hydrogens is 638 g/mol. The van der Waals surface area contributed by atoms with Crippen LogP contribution in [0.3, 0.4) is 0 Å². The average molecular weight is 663 g/mol. The van der Waals surface area contributed by atoms with Crippen molar-refractivity contribution < 1.29 is 84.5 Å². The standard InChI is InChI=1S/C29H25F5N2O7S.Na/c30-22-23(31)25(33)27(26(34)24(22)32)44(41,42)36-10-7-20(36)28(38)35(18-5-6-19(29(39)40)21(37)13-18)14-15-1-3-16(4-2-15)17-8-11-43-12-9-17;/h1-6,13,17,20,37H,7-12,14H2,(H,39,40);/q;+1/p-1/t20-;/m1./s1. The van der Waals surface area contributed by atoms with E-state index in [4.69, 9.17) is 4.74 Å². The van der Waals surface area contributed by atoms with E-state index < -0.39 is 79.8 Å². The van der Waals surface area contributed by atoms with E-state index in [9.17, 15) is 50.2 Å². The van der Waals surface area contributed by atoms with Gasteiger partial charge in [-0.2, -0.15) is 4.31 Å². The van der Waals surface area contributed by atoms with Crippen LogP contribution < -0.4 is 39.6 Å². The second-order valence-corrected chi connectivity index (χ2v) is 12.2. The van der Waals surface area contributed by atoms with Crippen molar-refractivity contribution in [3.05, 3.63) is 88.2 Å². The van der Waals surface area contributed by atoms with Gasteiger partial charge in [0.15, 0.2) is 28.2 Å². The molecule has 16 heteroatoms. The van der Waals surface area contributed by atoms with Crippen LogP contribution in [0.15, 0.2) is 47.4 Å². The average Bonchev–Trinajstić information content (AvgIpc) is 2.97. The number of carbonyl (C=O) groups excluding carboxylic acids is 2. The summed E-state index contributed by atoms with van der Waals surface area (Å²) in [5, 5.41) is 21.5. The molecule has 0 bridgehead atoms. The predicted octanol–water partition coefficient (Wildman–Crippen LogP) is 0.346. The van der Waals surface area contributed by atoms with Gasteiger partial charge >= 0.3 is 29.6 Å². The molecule has 0 aromatic heterocycles. The molecule has 3 aromatic carbocycles. The maximum Gasteiger partial charge on any atom is 1.00 e. The third kappa shape index (κ3) is 6.60. The molecule has 1 amide bonds. The number of carbonyl (C=O) groups is 2. The van der Waals surface area contributed by atoms with Crippen LogP contribution >= 0.6 is 0 Å². The van der Waals surface area contributed by atoms with Crippen molar-refractivity contribution >= 4 is 27.6 Å². The minimum atomic E-state index is -5.41. The number of hydrogen-bond acceptors (Lipinski definition) is 7. The third-order valence-corrected chi connectivity index (χ3v) is 9.71. The Hall–Kier alpha value is -3.08. The van der Waals surface area contributed by atoms with Crippen molar-refractivity contribution in [2.45, 2.75) is 42.7 Å². The Bertz CT molecular complexity index is 1710. The zero-order valence-electron chi connectivity index (χ0n) is 23.7. The quantitative estimate of drug-likeness (QED) is 0.160. The molecule has 1 atom stereocenters. The minimum absolute atomic E-state index is 0. The summed E-state index contributed by atoms with van der Waals surface area (Å²) < 4.78 is 102. The monoisotopic (exact) mass is 662 g/mol. The van der Waals surface area contributed by atoms with Crippen molar-refractivity contribution in [1.82, 2.24) is 4.31 Å². The number of amides is 1. The van der Waals surface area contributed by atoms with Gasteiger partial charge in [0.05, 0.1) is 12.5 Å². The molecule has 0 spiro atoms. The van der Waals surface area contributed by atoms with E-state index in [2.05, 4.69) is 0 Å². The summed E-state index contributed by atoms with van der Waals surface area (Å²) >= 11 is 0. The Labute approximate surface area is 276 Å². The number of phenols is 1. The number of carboxylic acid groups (broad SMARTS) is 1. The molecule has 5 rings (SSSR count). The van der Waals surface area contributed by atoms with Crippen molar-refractivity contribution in [2.24, 2.45) is 0 Å². The number of sulfonamides is 1. The van der Waals surface area contributed by atoms with Gasteiger partial charge in [0.25, 0.3) is 0 Å². The molecule has 2 heterocycles. The number of rotatable bonds is 8. The van der Waals surface area contributed by atoms with Crippen LogP contribution in [0.1, 0.15) is 46.7 Å². The van der Waals surface area contributed by atoms with Gasteiger partial charge in [-0.15, -0.1) is 0 Å². The summed E-state index contributed by atoms with van der Waals surface area (Å²) in [6.07, 6.45) is 1.47. The normalized spacial score (nSPS) is 17.3. The number of anilines is 1. The number of aromatic hydroxyl groups is 1. The van der Waals surface area contributed by atoms with Crippen LogP contribution in [-0.2, 0) is 26.1 Å². The summed E-state index contributed by atoms with van der Waals surface area (Å²) in [7, 11) is -5.41. The van der Waals surface area contributed by atoms with Gasteiger partial charge in [-0.3, -0.25) is 4.79 Å². The maximum absolute atomic E-state index is 14.5. The van der Waals surface area contributed by atoms with E-state index in [0.717, 1.165) is 35.4 Å². The third-order valence-electron chi connectivity index (χ3n) is 7.78. The fourth-order valence-corrected chi connectivity index (χ4v) is 7.02. The van der Waals surface area contributed by atoms with Gasteiger partial charge in [0.1, 0.15) is 11.8 Å².